The van der Waals surface area contributed by atoms with E-state index < -0.39 is 11.7 Å². The van der Waals surface area contributed by atoms with Crippen LogP contribution in [0, 0.1) is 0 Å². The molecule has 0 aliphatic rings. The van der Waals surface area contributed by atoms with Crippen LogP contribution in [0.4, 0.5) is 13.2 Å². The Hall–Kier alpha value is -1.62. The third-order valence-corrected chi connectivity index (χ3v) is 3.56. The molecule has 100 valence electrons. The van der Waals surface area contributed by atoms with Crippen molar-refractivity contribution in [1.29, 1.82) is 0 Å². The van der Waals surface area contributed by atoms with E-state index in [0.29, 0.717) is 5.75 Å². The van der Waals surface area contributed by atoms with Gasteiger partial charge >= 0.3 is 6.18 Å². The highest BCUT2D eigenvalue weighted by Gasteiger charge is 2.33. The molecule has 19 heavy (non-hydrogen) atoms. The minimum absolute atomic E-state index is 0.195. The molecule has 0 spiro atoms. The fourth-order valence-corrected chi connectivity index (χ4v) is 2.53. The smallest absolute Gasteiger partial charge is 0.417 e. The second-order valence-electron chi connectivity index (χ2n) is 3.77. The van der Waals surface area contributed by atoms with Gasteiger partial charge in [0.15, 0.2) is 0 Å². The van der Waals surface area contributed by atoms with Crippen LogP contribution < -0.4 is 4.74 Å². The van der Waals surface area contributed by atoms with Crippen molar-refractivity contribution in [2.45, 2.75) is 16.0 Å². The average molecular weight is 284 g/mol. The molecule has 2 aromatic rings. The van der Waals surface area contributed by atoms with Crippen LogP contribution >= 0.6 is 11.8 Å². The Balaban J connectivity index is 2.28. The molecule has 2 aromatic carbocycles. The Morgan fingerprint density at radius 2 is 1.58 bits per heavy atom. The first-order chi connectivity index (χ1) is 9.00. The SMILES string of the molecule is COc1ccc(Sc2ccccc2C(F)(F)F)cc1. The van der Waals surface area contributed by atoms with Gasteiger partial charge < -0.3 is 4.74 Å². The second-order valence-corrected chi connectivity index (χ2v) is 4.89. The molecule has 0 saturated carbocycles. The van der Waals surface area contributed by atoms with Gasteiger partial charge in [0, 0.05) is 9.79 Å². The average Bonchev–Trinajstić information content (AvgIpc) is 2.39. The normalized spacial score (nSPS) is 11.4. The molecule has 0 N–H and O–H groups in total. The predicted molar refractivity (Wildman–Crippen MR) is 68.6 cm³/mol. The minimum atomic E-state index is -4.34. The van der Waals surface area contributed by atoms with E-state index in [1.165, 1.54) is 12.1 Å². The number of halogens is 3. The summed E-state index contributed by atoms with van der Waals surface area (Å²) in [5, 5.41) is 0. The Labute approximate surface area is 113 Å². The predicted octanol–water partition coefficient (Wildman–Crippen LogP) is 4.87. The molecule has 0 bridgehead atoms. The Morgan fingerprint density at radius 1 is 0.947 bits per heavy atom. The molecule has 0 heterocycles. The van der Waals surface area contributed by atoms with Gasteiger partial charge in [-0.15, -0.1) is 0 Å². The van der Waals surface area contributed by atoms with Crippen molar-refractivity contribution < 1.29 is 17.9 Å². The van der Waals surface area contributed by atoms with Crippen LogP contribution in [-0.4, -0.2) is 7.11 Å². The first-order valence-electron chi connectivity index (χ1n) is 5.49. The maximum absolute atomic E-state index is 12.8. The van der Waals surface area contributed by atoms with Crippen molar-refractivity contribution in [1.82, 2.24) is 0 Å². The summed E-state index contributed by atoms with van der Waals surface area (Å²) in [5.74, 6) is 0.674. The molecule has 0 amide bonds. The fraction of sp³-hybridized carbons (Fsp3) is 0.143. The van der Waals surface area contributed by atoms with Crippen molar-refractivity contribution in [2.75, 3.05) is 7.11 Å². The highest BCUT2D eigenvalue weighted by molar-refractivity contribution is 7.99. The summed E-state index contributed by atoms with van der Waals surface area (Å²) in [5.41, 5.74) is -0.615. The molecule has 1 nitrogen and oxygen atoms in total. The number of hydrogen-bond donors (Lipinski definition) is 0. The lowest BCUT2D eigenvalue weighted by Gasteiger charge is -2.12. The summed E-state index contributed by atoms with van der Waals surface area (Å²) < 4.78 is 43.5. The zero-order valence-electron chi connectivity index (χ0n) is 10.1. The van der Waals surface area contributed by atoms with E-state index in [1.54, 1.807) is 37.4 Å². The van der Waals surface area contributed by atoms with Crippen LogP contribution in [0.5, 0.6) is 5.75 Å². The Morgan fingerprint density at radius 3 is 2.16 bits per heavy atom. The number of alkyl halides is 3. The summed E-state index contributed by atoms with van der Waals surface area (Å²) in [4.78, 5) is 0.928. The maximum atomic E-state index is 12.8. The second kappa shape index (κ2) is 5.57. The zero-order chi connectivity index (χ0) is 13.9. The number of benzene rings is 2. The van der Waals surface area contributed by atoms with Crippen molar-refractivity contribution in [3.63, 3.8) is 0 Å². The standard InChI is InChI=1S/C14H11F3OS/c1-18-10-6-8-11(9-7-10)19-13-5-3-2-4-12(13)14(15,16)17/h2-9H,1H3. The lowest BCUT2D eigenvalue weighted by atomic mass is 10.2. The largest absolute Gasteiger partial charge is 0.497 e. The van der Waals surface area contributed by atoms with E-state index in [9.17, 15) is 13.2 Å². The van der Waals surface area contributed by atoms with E-state index in [0.717, 1.165) is 22.7 Å². The van der Waals surface area contributed by atoms with Crippen LogP contribution in [-0.2, 0) is 6.18 Å². The van der Waals surface area contributed by atoms with Gasteiger partial charge in [-0.1, -0.05) is 23.9 Å². The summed E-state index contributed by atoms with van der Waals surface area (Å²) in [6, 6.07) is 12.5. The van der Waals surface area contributed by atoms with Crippen LogP contribution in [0.25, 0.3) is 0 Å². The zero-order valence-corrected chi connectivity index (χ0v) is 10.9. The van der Waals surface area contributed by atoms with Gasteiger partial charge in [-0.05, 0) is 36.4 Å². The fourth-order valence-electron chi connectivity index (χ4n) is 1.56. The molecule has 0 fully saturated rings. The van der Waals surface area contributed by atoms with Gasteiger partial charge in [0.2, 0.25) is 0 Å². The molecular formula is C14H11F3OS. The quantitative estimate of drug-likeness (QED) is 0.795. The van der Waals surface area contributed by atoms with E-state index in [4.69, 9.17) is 4.74 Å². The van der Waals surface area contributed by atoms with Gasteiger partial charge in [-0.3, -0.25) is 0 Å². The van der Waals surface area contributed by atoms with Crippen LogP contribution in [0.3, 0.4) is 0 Å². The Bertz CT molecular complexity index is 549. The first-order valence-corrected chi connectivity index (χ1v) is 6.30. The molecule has 0 unspecified atom stereocenters. The van der Waals surface area contributed by atoms with Gasteiger partial charge in [-0.25, -0.2) is 0 Å². The maximum Gasteiger partial charge on any atom is 0.417 e. The molecule has 0 atom stereocenters. The molecule has 0 aliphatic carbocycles. The van der Waals surface area contributed by atoms with Crippen molar-refractivity contribution in [3.05, 3.63) is 54.1 Å². The lowest BCUT2D eigenvalue weighted by Crippen LogP contribution is -2.06. The first kappa shape index (κ1) is 13.8. The highest BCUT2D eigenvalue weighted by atomic mass is 32.2. The molecular weight excluding hydrogens is 273 g/mol. The van der Waals surface area contributed by atoms with Gasteiger partial charge in [0.25, 0.3) is 0 Å². The number of rotatable bonds is 3. The summed E-state index contributed by atoms with van der Waals surface area (Å²) in [6.07, 6.45) is -4.34. The lowest BCUT2D eigenvalue weighted by molar-refractivity contribution is -0.139. The monoisotopic (exact) mass is 284 g/mol. The highest BCUT2D eigenvalue weighted by Crippen LogP contribution is 2.39. The molecule has 0 saturated heterocycles. The van der Waals surface area contributed by atoms with E-state index in [1.807, 2.05) is 0 Å². The van der Waals surface area contributed by atoms with Gasteiger partial charge in [0.1, 0.15) is 5.75 Å². The minimum Gasteiger partial charge on any atom is -0.497 e. The molecule has 0 aromatic heterocycles. The van der Waals surface area contributed by atoms with Crippen LogP contribution in [0.15, 0.2) is 58.3 Å². The Kier molecular flexibility index (Phi) is 4.04. The van der Waals surface area contributed by atoms with Crippen molar-refractivity contribution in [2.24, 2.45) is 0 Å². The number of ether oxygens (including phenoxy) is 1. The van der Waals surface area contributed by atoms with Crippen LogP contribution in [0.1, 0.15) is 5.56 Å². The van der Waals surface area contributed by atoms with Crippen LogP contribution in [0.2, 0.25) is 0 Å². The third kappa shape index (κ3) is 3.44. The molecule has 2 rings (SSSR count). The molecule has 0 radical (unpaired) electrons. The molecule has 0 aliphatic heterocycles. The van der Waals surface area contributed by atoms with E-state index in [2.05, 4.69) is 0 Å². The molecule has 5 heteroatoms. The van der Waals surface area contributed by atoms with Crippen molar-refractivity contribution in [3.8, 4) is 5.75 Å². The van der Waals surface area contributed by atoms with Crippen molar-refractivity contribution >= 4 is 11.8 Å². The van der Waals surface area contributed by atoms with Gasteiger partial charge in [-0.2, -0.15) is 13.2 Å². The summed E-state index contributed by atoms with van der Waals surface area (Å²) >= 11 is 1.08. The number of hydrogen-bond acceptors (Lipinski definition) is 2. The summed E-state index contributed by atoms with van der Waals surface area (Å²) in [6.45, 7) is 0. The van der Waals surface area contributed by atoms with E-state index in [-0.39, 0.29) is 4.90 Å². The third-order valence-electron chi connectivity index (χ3n) is 2.48. The number of methoxy groups -OCH3 is 1. The topological polar surface area (TPSA) is 9.23 Å². The summed E-state index contributed by atoms with van der Waals surface area (Å²) in [7, 11) is 1.54. The van der Waals surface area contributed by atoms with E-state index >= 15 is 0 Å². The van der Waals surface area contributed by atoms with Gasteiger partial charge in [0.05, 0.1) is 12.7 Å².